The normalized spacial score (nSPS) is 12.6. The fourth-order valence-corrected chi connectivity index (χ4v) is 2.84. The second-order valence-corrected chi connectivity index (χ2v) is 7.93. The van der Waals surface area contributed by atoms with Crippen LogP contribution in [0.5, 0.6) is 5.75 Å². The Morgan fingerprint density at radius 2 is 1.77 bits per heavy atom. The molecule has 0 fully saturated rings. The molecule has 0 aliphatic heterocycles. The molecule has 26 heavy (non-hydrogen) atoms. The summed E-state index contributed by atoms with van der Waals surface area (Å²) in [6.45, 7) is 4.13. The Kier molecular flexibility index (Phi) is 6.94. The topological polar surface area (TPSA) is 69.7 Å². The van der Waals surface area contributed by atoms with Crippen molar-refractivity contribution in [2.24, 2.45) is 5.92 Å². The average molecular weight is 376 g/mol. The zero-order valence-corrected chi connectivity index (χ0v) is 16.1. The minimum Gasteiger partial charge on any atom is -0.492 e. The molecule has 140 valence electrons. The summed E-state index contributed by atoms with van der Waals surface area (Å²) in [7, 11) is -3.48. The zero-order valence-electron chi connectivity index (χ0n) is 15.3. The van der Waals surface area contributed by atoms with Gasteiger partial charge in [0.1, 0.15) is 5.75 Å². The van der Waals surface area contributed by atoms with Crippen molar-refractivity contribution in [1.29, 1.82) is 0 Å². The van der Waals surface area contributed by atoms with Gasteiger partial charge in [-0.2, -0.15) is 8.42 Å². The number of ketones is 1. The summed E-state index contributed by atoms with van der Waals surface area (Å²) in [5.74, 6) is 0.244. The van der Waals surface area contributed by atoms with E-state index in [1.807, 2.05) is 44.2 Å². The first-order valence-electron chi connectivity index (χ1n) is 8.50. The predicted octanol–water partition coefficient (Wildman–Crippen LogP) is 3.47. The van der Waals surface area contributed by atoms with Crippen molar-refractivity contribution in [3.05, 3.63) is 65.2 Å². The lowest BCUT2D eigenvalue weighted by Gasteiger charge is -2.16. The number of hydrogen-bond acceptors (Lipinski definition) is 5. The number of rotatable bonds is 9. The van der Waals surface area contributed by atoms with Gasteiger partial charge in [0.25, 0.3) is 10.1 Å². The molecule has 0 amide bonds. The van der Waals surface area contributed by atoms with Gasteiger partial charge in [-0.1, -0.05) is 50.2 Å². The standard InChI is InChI=1S/C20H24O5S/c1-4-16-10-11-19(24-13-15(2)14-25-26(3,22)23)18(12-16)20(21)17-8-6-5-7-9-17/h5-12,15H,4,13-14H2,1-3H3. The van der Waals surface area contributed by atoms with Crippen LogP contribution in [-0.4, -0.2) is 33.7 Å². The Morgan fingerprint density at radius 3 is 2.38 bits per heavy atom. The molecule has 0 radical (unpaired) electrons. The van der Waals surface area contributed by atoms with Crippen LogP contribution in [0.4, 0.5) is 0 Å². The smallest absolute Gasteiger partial charge is 0.264 e. The predicted molar refractivity (Wildman–Crippen MR) is 101 cm³/mol. The van der Waals surface area contributed by atoms with Crippen molar-refractivity contribution in [3.8, 4) is 5.75 Å². The van der Waals surface area contributed by atoms with Crippen molar-refractivity contribution in [3.63, 3.8) is 0 Å². The minimum absolute atomic E-state index is 0.0356. The largest absolute Gasteiger partial charge is 0.492 e. The van der Waals surface area contributed by atoms with Crippen LogP contribution in [0.3, 0.4) is 0 Å². The van der Waals surface area contributed by atoms with E-state index in [2.05, 4.69) is 0 Å². The highest BCUT2D eigenvalue weighted by Crippen LogP contribution is 2.24. The number of carbonyl (C=O) groups is 1. The summed E-state index contributed by atoms with van der Waals surface area (Å²) in [5, 5.41) is 0. The Bertz CT molecular complexity index is 844. The number of carbonyl (C=O) groups excluding carboxylic acids is 1. The Morgan fingerprint density at radius 1 is 1.08 bits per heavy atom. The highest BCUT2D eigenvalue weighted by molar-refractivity contribution is 7.85. The van der Waals surface area contributed by atoms with Crippen molar-refractivity contribution in [1.82, 2.24) is 0 Å². The van der Waals surface area contributed by atoms with Gasteiger partial charge < -0.3 is 4.74 Å². The zero-order chi connectivity index (χ0) is 19.2. The van der Waals surface area contributed by atoms with Crippen LogP contribution in [-0.2, 0) is 20.7 Å². The fraction of sp³-hybridized carbons (Fsp3) is 0.350. The molecule has 1 unspecified atom stereocenters. The van der Waals surface area contributed by atoms with Crippen LogP contribution in [0.15, 0.2) is 48.5 Å². The SMILES string of the molecule is CCc1ccc(OCC(C)COS(C)(=O)=O)c(C(=O)c2ccccc2)c1. The molecule has 0 saturated carbocycles. The first kappa shape index (κ1) is 20.1. The molecule has 6 heteroatoms. The molecule has 0 spiro atoms. The minimum atomic E-state index is -3.48. The molecule has 0 N–H and O–H groups in total. The van der Waals surface area contributed by atoms with Gasteiger partial charge in [0, 0.05) is 11.5 Å². The van der Waals surface area contributed by atoms with E-state index in [0.29, 0.717) is 16.9 Å². The van der Waals surface area contributed by atoms with Gasteiger partial charge in [0.2, 0.25) is 0 Å². The molecule has 0 aromatic heterocycles. The first-order valence-corrected chi connectivity index (χ1v) is 10.3. The highest BCUT2D eigenvalue weighted by Gasteiger charge is 2.17. The molecule has 2 rings (SSSR count). The second-order valence-electron chi connectivity index (χ2n) is 6.28. The molecule has 2 aromatic rings. The maximum Gasteiger partial charge on any atom is 0.264 e. The van der Waals surface area contributed by atoms with E-state index in [4.69, 9.17) is 8.92 Å². The van der Waals surface area contributed by atoms with E-state index >= 15 is 0 Å². The molecule has 0 aliphatic rings. The third kappa shape index (κ3) is 5.97. The monoisotopic (exact) mass is 376 g/mol. The third-order valence-electron chi connectivity index (χ3n) is 3.82. The van der Waals surface area contributed by atoms with Gasteiger partial charge >= 0.3 is 0 Å². The van der Waals surface area contributed by atoms with Crippen LogP contribution in [0.1, 0.15) is 35.3 Å². The van der Waals surface area contributed by atoms with E-state index in [-0.39, 0.29) is 24.9 Å². The second kappa shape index (κ2) is 8.96. The summed E-state index contributed by atoms with van der Waals surface area (Å²) >= 11 is 0. The lowest BCUT2D eigenvalue weighted by atomic mass is 9.99. The van der Waals surface area contributed by atoms with Crippen molar-refractivity contribution < 1.29 is 22.1 Å². The van der Waals surface area contributed by atoms with Crippen LogP contribution < -0.4 is 4.74 Å². The van der Waals surface area contributed by atoms with Gasteiger partial charge in [-0.05, 0) is 24.1 Å². The summed E-state index contributed by atoms with van der Waals surface area (Å²) in [6.07, 6.45) is 1.83. The van der Waals surface area contributed by atoms with E-state index in [1.54, 1.807) is 18.2 Å². The van der Waals surface area contributed by atoms with Crippen molar-refractivity contribution in [2.45, 2.75) is 20.3 Å². The molecule has 5 nitrogen and oxygen atoms in total. The van der Waals surface area contributed by atoms with Crippen LogP contribution in [0.25, 0.3) is 0 Å². The van der Waals surface area contributed by atoms with E-state index in [0.717, 1.165) is 18.2 Å². The van der Waals surface area contributed by atoms with Crippen LogP contribution in [0, 0.1) is 5.92 Å². The summed E-state index contributed by atoms with van der Waals surface area (Å²) < 4.78 is 32.7. The van der Waals surface area contributed by atoms with Gasteiger partial charge in [-0.3, -0.25) is 8.98 Å². The molecule has 0 heterocycles. The Balaban J connectivity index is 2.16. The number of hydrogen-bond donors (Lipinski definition) is 0. The quantitative estimate of drug-likeness (QED) is 0.495. The third-order valence-corrected chi connectivity index (χ3v) is 4.39. The molecule has 0 aliphatic carbocycles. The molecule has 0 bridgehead atoms. The lowest BCUT2D eigenvalue weighted by molar-refractivity contribution is 0.103. The van der Waals surface area contributed by atoms with Crippen LogP contribution >= 0.6 is 0 Å². The fourth-order valence-electron chi connectivity index (χ4n) is 2.37. The van der Waals surface area contributed by atoms with E-state index in [1.165, 1.54) is 0 Å². The molecular formula is C20H24O5S. The molecule has 0 saturated heterocycles. The number of aryl methyl sites for hydroxylation is 1. The summed E-state index contributed by atoms with van der Waals surface area (Å²) in [4.78, 5) is 12.9. The maximum absolute atomic E-state index is 12.9. The Hall–Kier alpha value is -2.18. The van der Waals surface area contributed by atoms with Crippen molar-refractivity contribution >= 4 is 15.9 Å². The van der Waals surface area contributed by atoms with Gasteiger partial charge in [-0.25, -0.2) is 0 Å². The maximum atomic E-state index is 12.9. The number of benzene rings is 2. The lowest BCUT2D eigenvalue weighted by Crippen LogP contribution is -2.18. The average Bonchev–Trinajstić information content (AvgIpc) is 2.64. The molecule has 2 aromatic carbocycles. The highest BCUT2D eigenvalue weighted by atomic mass is 32.2. The first-order chi connectivity index (χ1) is 12.3. The number of ether oxygens (including phenoxy) is 1. The van der Waals surface area contributed by atoms with Gasteiger partial charge in [0.05, 0.1) is 25.0 Å². The summed E-state index contributed by atoms with van der Waals surface area (Å²) in [5.41, 5.74) is 2.15. The molecule has 1 atom stereocenters. The van der Waals surface area contributed by atoms with E-state index in [9.17, 15) is 13.2 Å². The van der Waals surface area contributed by atoms with Gasteiger partial charge in [-0.15, -0.1) is 0 Å². The van der Waals surface area contributed by atoms with Crippen molar-refractivity contribution in [2.75, 3.05) is 19.5 Å². The molecular weight excluding hydrogens is 352 g/mol. The van der Waals surface area contributed by atoms with E-state index < -0.39 is 10.1 Å². The van der Waals surface area contributed by atoms with Crippen LogP contribution in [0.2, 0.25) is 0 Å². The van der Waals surface area contributed by atoms with Gasteiger partial charge in [0.15, 0.2) is 5.78 Å². The Labute approximate surface area is 155 Å². The summed E-state index contributed by atoms with van der Waals surface area (Å²) in [6, 6.07) is 14.6.